The van der Waals surface area contributed by atoms with Gasteiger partial charge in [-0.2, -0.15) is 0 Å². The predicted molar refractivity (Wildman–Crippen MR) is 125 cm³/mol. The third-order valence-corrected chi connectivity index (χ3v) is 6.42. The Kier molecular flexibility index (Phi) is 8.24. The molecule has 0 aromatic carbocycles. The van der Waals surface area contributed by atoms with Crippen molar-refractivity contribution < 1.29 is 14.3 Å². The number of carbonyl (C=O) groups is 1. The first-order valence-corrected chi connectivity index (χ1v) is 14.6. The Hall–Kier alpha value is -1.71. The molecule has 2 aromatic rings. The average Bonchev–Trinajstić information content (AvgIpc) is 3.00. The van der Waals surface area contributed by atoms with Gasteiger partial charge in [-0.3, -0.25) is 0 Å². The van der Waals surface area contributed by atoms with Crippen LogP contribution in [0.15, 0.2) is 29.1 Å². The highest BCUT2D eigenvalue weighted by Crippen LogP contribution is 2.25. The van der Waals surface area contributed by atoms with Crippen LogP contribution in [0.5, 0.6) is 0 Å². The first-order valence-electron chi connectivity index (χ1n) is 10.1. The van der Waals surface area contributed by atoms with Gasteiger partial charge in [-0.15, -0.1) is 0 Å². The lowest BCUT2D eigenvalue weighted by Gasteiger charge is -2.23. The van der Waals surface area contributed by atoms with E-state index in [2.05, 4.69) is 50.9 Å². The summed E-state index contributed by atoms with van der Waals surface area (Å²) in [7, 11) is -1.18. The van der Waals surface area contributed by atoms with Crippen molar-refractivity contribution in [3.8, 4) is 11.3 Å². The van der Waals surface area contributed by atoms with E-state index in [1.165, 1.54) is 0 Å². The summed E-state index contributed by atoms with van der Waals surface area (Å²) in [6.07, 6.45) is 3.10. The van der Waals surface area contributed by atoms with Crippen molar-refractivity contribution in [3.63, 3.8) is 0 Å². The molecule has 0 aliphatic carbocycles. The summed E-state index contributed by atoms with van der Waals surface area (Å²) in [5.41, 5.74) is 1.25. The van der Waals surface area contributed by atoms with Crippen LogP contribution in [0, 0.1) is 0 Å². The molecule has 1 amide bonds. The summed E-state index contributed by atoms with van der Waals surface area (Å²) in [6, 6.07) is 4.60. The molecular formula is C21H33BrN4O3Si. The number of alkyl carbamates (subject to hydrolysis) is 1. The van der Waals surface area contributed by atoms with Gasteiger partial charge in [-0.1, -0.05) is 19.6 Å². The molecule has 2 aromatic heterocycles. The summed E-state index contributed by atoms with van der Waals surface area (Å²) < 4.78 is 14.1. The number of nitrogens with zero attached hydrogens (tertiary/aromatic N) is 3. The fraction of sp³-hybridized carbons (Fsp3) is 0.571. The zero-order chi connectivity index (χ0) is 22.5. The van der Waals surface area contributed by atoms with E-state index in [1.807, 2.05) is 44.4 Å². The molecule has 30 heavy (non-hydrogen) atoms. The van der Waals surface area contributed by atoms with Crippen molar-refractivity contribution in [3.05, 3.63) is 35.0 Å². The monoisotopic (exact) mass is 496 g/mol. The Balaban J connectivity index is 2.23. The molecule has 7 nitrogen and oxygen atoms in total. The van der Waals surface area contributed by atoms with Crippen LogP contribution < -0.4 is 5.32 Å². The smallest absolute Gasteiger partial charge is 0.408 e. The highest BCUT2D eigenvalue weighted by atomic mass is 79.9. The van der Waals surface area contributed by atoms with E-state index in [-0.39, 0.29) is 6.04 Å². The van der Waals surface area contributed by atoms with Crippen molar-refractivity contribution >= 4 is 30.1 Å². The van der Waals surface area contributed by atoms with Crippen molar-refractivity contribution in [1.29, 1.82) is 0 Å². The number of amides is 1. The minimum atomic E-state index is -1.18. The SMILES string of the molecule is C[C@H](NC(=O)OC(C)(C)C)c1ncc(-c2ccc(Br)nc2)n1COCC[Si](C)(C)C. The highest BCUT2D eigenvalue weighted by molar-refractivity contribution is 9.10. The Morgan fingerprint density at radius 2 is 1.93 bits per heavy atom. The molecular weight excluding hydrogens is 464 g/mol. The van der Waals surface area contributed by atoms with E-state index < -0.39 is 19.8 Å². The second-order valence-corrected chi connectivity index (χ2v) is 15.9. The van der Waals surface area contributed by atoms with Gasteiger partial charge in [0.05, 0.1) is 17.9 Å². The van der Waals surface area contributed by atoms with E-state index >= 15 is 0 Å². The van der Waals surface area contributed by atoms with Crippen molar-refractivity contribution in [2.24, 2.45) is 0 Å². The van der Waals surface area contributed by atoms with Crippen LogP contribution in [0.3, 0.4) is 0 Å². The van der Waals surface area contributed by atoms with Crippen molar-refractivity contribution in [1.82, 2.24) is 19.9 Å². The Morgan fingerprint density at radius 3 is 2.50 bits per heavy atom. The number of halogens is 1. The maximum absolute atomic E-state index is 12.2. The standard InChI is InChI=1S/C21H33BrN4O3Si/c1-15(25-20(27)29-21(2,3)4)19-24-13-17(16-8-9-18(22)23-12-16)26(19)14-28-10-11-30(5,6)7/h8-9,12-13,15H,10-11,14H2,1-7H3,(H,25,27)/t15-/m0/s1. The van der Waals surface area contributed by atoms with E-state index in [1.54, 1.807) is 12.4 Å². The van der Waals surface area contributed by atoms with Gasteiger partial charge in [0.15, 0.2) is 0 Å². The van der Waals surface area contributed by atoms with E-state index in [4.69, 9.17) is 9.47 Å². The maximum atomic E-state index is 12.2. The third kappa shape index (κ3) is 7.85. The second kappa shape index (κ2) is 10.1. The Morgan fingerprint density at radius 1 is 1.23 bits per heavy atom. The van der Waals surface area contributed by atoms with Gasteiger partial charge in [-0.05, 0) is 61.8 Å². The number of carbonyl (C=O) groups excluding carboxylic acids is 1. The molecule has 2 rings (SSSR count). The van der Waals surface area contributed by atoms with Crippen molar-refractivity contribution in [2.75, 3.05) is 6.61 Å². The van der Waals surface area contributed by atoms with Crippen LogP contribution in [0.4, 0.5) is 4.79 Å². The van der Waals surface area contributed by atoms with Crippen LogP contribution in [0.1, 0.15) is 39.6 Å². The average molecular weight is 498 g/mol. The summed E-state index contributed by atoms with van der Waals surface area (Å²) in [5.74, 6) is 0.701. The summed E-state index contributed by atoms with van der Waals surface area (Å²) in [5, 5.41) is 2.87. The van der Waals surface area contributed by atoms with Gasteiger partial charge in [0.1, 0.15) is 22.8 Å². The molecule has 0 bridgehead atoms. The third-order valence-electron chi connectivity index (χ3n) is 4.25. The normalized spacial score (nSPS) is 13.2. The molecule has 0 saturated heterocycles. The molecule has 1 atom stereocenters. The minimum Gasteiger partial charge on any atom is -0.444 e. The van der Waals surface area contributed by atoms with Gasteiger partial charge in [0, 0.05) is 26.4 Å². The summed E-state index contributed by atoms with van der Waals surface area (Å²) in [4.78, 5) is 21.1. The predicted octanol–water partition coefficient (Wildman–Crippen LogP) is 5.61. The van der Waals surface area contributed by atoms with Gasteiger partial charge < -0.3 is 19.4 Å². The lowest BCUT2D eigenvalue weighted by atomic mass is 10.2. The van der Waals surface area contributed by atoms with Gasteiger partial charge >= 0.3 is 6.09 Å². The zero-order valence-electron chi connectivity index (χ0n) is 19.0. The number of hydrogen-bond acceptors (Lipinski definition) is 5. The molecule has 9 heteroatoms. The number of imidazole rings is 1. The number of rotatable bonds is 8. The molecule has 0 radical (unpaired) electrons. The molecule has 1 N–H and O–H groups in total. The fourth-order valence-corrected chi connectivity index (χ4v) is 3.70. The van der Waals surface area contributed by atoms with E-state index in [0.717, 1.165) is 21.9 Å². The van der Waals surface area contributed by atoms with Gasteiger partial charge in [0.25, 0.3) is 0 Å². The van der Waals surface area contributed by atoms with Crippen LogP contribution >= 0.6 is 15.9 Å². The number of hydrogen-bond donors (Lipinski definition) is 1. The fourth-order valence-electron chi connectivity index (χ4n) is 2.71. The summed E-state index contributed by atoms with van der Waals surface area (Å²) in [6.45, 7) is 15.4. The van der Waals surface area contributed by atoms with Gasteiger partial charge in [-0.25, -0.2) is 14.8 Å². The number of aromatic nitrogens is 3. The number of nitrogens with one attached hydrogen (secondary N) is 1. The molecule has 0 spiro atoms. The molecule has 2 heterocycles. The molecule has 0 aliphatic heterocycles. The van der Waals surface area contributed by atoms with E-state index in [0.29, 0.717) is 19.2 Å². The maximum Gasteiger partial charge on any atom is 0.408 e. The first-order chi connectivity index (χ1) is 13.9. The van der Waals surface area contributed by atoms with E-state index in [9.17, 15) is 4.79 Å². The highest BCUT2D eigenvalue weighted by Gasteiger charge is 2.22. The van der Waals surface area contributed by atoms with Crippen LogP contribution in [-0.2, 0) is 16.2 Å². The Labute approximate surface area is 188 Å². The topological polar surface area (TPSA) is 78.3 Å². The van der Waals surface area contributed by atoms with Crippen molar-refractivity contribution in [2.45, 2.75) is 71.8 Å². The van der Waals surface area contributed by atoms with Crippen LogP contribution in [-0.4, -0.2) is 40.9 Å². The minimum absolute atomic E-state index is 0.349. The molecule has 166 valence electrons. The second-order valence-electron chi connectivity index (χ2n) is 9.52. The van der Waals surface area contributed by atoms with Crippen LogP contribution in [0.2, 0.25) is 25.7 Å². The zero-order valence-corrected chi connectivity index (χ0v) is 21.5. The molecule has 0 unspecified atom stereocenters. The lowest BCUT2D eigenvalue weighted by molar-refractivity contribution is 0.0497. The molecule has 0 saturated carbocycles. The number of pyridine rings is 1. The lowest BCUT2D eigenvalue weighted by Crippen LogP contribution is -2.35. The number of ether oxygens (including phenoxy) is 2. The Bertz CT molecular complexity index is 841. The first kappa shape index (κ1) is 24.6. The molecule has 0 aliphatic rings. The molecule has 0 fully saturated rings. The largest absolute Gasteiger partial charge is 0.444 e. The van der Waals surface area contributed by atoms with Crippen LogP contribution in [0.25, 0.3) is 11.3 Å². The summed E-state index contributed by atoms with van der Waals surface area (Å²) >= 11 is 3.37. The van der Waals surface area contributed by atoms with Gasteiger partial charge in [0.2, 0.25) is 0 Å². The quantitative estimate of drug-likeness (QED) is 0.292.